The SMILES string of the molecule is CC(C)COC[C@@](CCC(=O)O)(NC(=O)OCc1ccccc1)C(=O)O. The number of carbonyl (C=O) groups is 3. The van der Waals surface area contributed by atoms with E-state index in [1.165, 1.54) is 0 Å². The number of benzene rings is 1. The summed E-state index contributed by atoms with van der Waals surface area (Å²) in [6, 6.07) is 8.90. The zero-order valence-electron chi connectivity index (χ0n) is 14.9. The fraction of sp³-hybridized carbons (Fsp3) is 0.500. The molecule has 0 aliphatic carbocycles. The van der Waals surface area contributed by atoms with E-state index < -0.39 is 30.0 Å². The van der Waals surface area contributed by atoms with Crippen LogP contribution < -0.4 is 5.32 Å². The molecule has 0 fully saturated rings. The number of rotatable bonds is 11. The molecule has 0 aliphatic rings. The molecule has 0 aliphatic heterocycles. The lowest BCUT2D eigenvalue weighted by Gasteiger charge is -2.29. The van der Waals surface area contributed by atoms with E-state index in [0.29, 0.717) is 0 Å². The van der Waals surface area contributed by atoms with Crippen molar-refractivity contribution in [3.05, 3.63) is 35.9 Å². The Kier molecular flexibility index (Phi) is 8.57. The highest BCUT2D eigenvalue weighted by Crippen LogP contribution is 2.16. The number of hydrogen-bond acceptors (Lipinski definition) is 5. The molecule has 144 valence electrons. The number of aliphatic carboxylic acids is 2. The molecule has 0 saturated carbocycles. The van der Waals surface area contributed by atoms with Crippen LogP contribution >= 0.6 is 0 Å². The van der Waals surface area contributed by atoms with Crippen LogP contribution in [-0.4, -0.2) is 47.0 Å². The number of carboxylic acids is 2. The maximum atomic E-state index is 12.1. The van der Waals surface area contributed by atoms with E-state index in [9.17, 15) is 19.5 Å². The van der Waals surface area contributed by atoms with Crippen LogP contribution in [0.3, 0.4) is 0 Å². The Bertz CT molecular complexity index is 603. The van der Waals surface area contributed by atoms with Gasteiger partial charge in [0.25, 0.3) is 0 Å². The molecule has 3 N–H and O–H groups in total. The topological polar surface area (TPSA) is 122 Å². The van der Waals surface area contributed by atoms with E-state index in [2.05, 4.69) is 5.32 Å². The molecular weight excluding hydrogens is 342 g/mol. The number of nitrogens with one attached hydrogen (secondary N) is 1. The molecule has 1 aromatic carbocycles. The molecule has 0 heterocycles. The lowest BCUT2D eigenvalue weighted by Crippen LogP contribution is -2.58. The summed E-state index contributed by atoms with van der Waals surface area (Å²) in [7, 11) is 0. The van der Waals surface area contributed by atoms with Crippen LogP contribution in [0, 0.1) is 5.92 Å². The second-order valence-electron chi connectivity index (χ2n) is 6.38. The molecule has 1 aromatic rings. The predicted octanol–water partition coefficient (Wildman–Crippen LogP) is 2.27. The van der Waals surface area contributed by atoms with Crippen molar-refractivity contribution in [2.45, 2.75) is 38.8 Å². The molecule has 0 saturated heterocycles. The molecule has 0 radical (unpaired) electrons. The molecule has 26 heavy (non-hydrogen) atoms. The maximum absolute atomic E-state index is 12.1. The standard InChI is InChI=1S/C18H25NO7/c1-13(2)10-25-12-18(16(22)23,9-8-15(20)21)19-17(24)26-11-14-6-4-3-5-7-14/h3-7,13H,8-12H2,1-2H3,(H,19,24)(H,20,21)(H,22,23)/t18-/m1/s1. The average molecular weight is 367 g/mol. The van der Waals surface area contributed by atoms with E-state index >= 15 is 0 Å². The summed E-state index contributed by atoms with van der Waals surface area (Å²) < 4.78 is 10.4. The summed E-state index contributed by atoms with van der Waals surface area (Å²) in [4.78, 5) is 34.7. The first kappa shape index (κ1) is 21.4. The Morgan fingerprint density at radius 1 is 1.15 bits per heavy atom. The largest absolute Gasteiger partial charge is 0.481 e. The van der Waals surface area contributed by atoms with Crippen molar-refractivity contribution in [3.8, 4) is 0 Å². The van der Waals surface area contributed by atoms with Gasteiger partial charge in [-0.25, -0.2) is 9.59 Å². The lowest BCUT2D eigenvalue weighted by atomic mass is 9.94. The average Bonchev–Trinajstić information content (AvgIpc) is 2.58. The number of alkyl carbamates (subject to hydrolysis) is 1. The van der Waals surface area contributed by atoms with Crippen molar-refractivity contribution in [2.75, 3.05) is 13.2 Å². The highest BCUT2D eigenvalue weighted by atomic mass is 16.5. The lowest BCUT2D eigenvalue weighted by molar-refractivity contribution is -0.149. The minimum atomic E-state index is -1.87. The molecule has 8 heteroatoms. The summed E-state index contributed by atoms with van der Waals surface area (Å²) in [5.74, 6) is -2.39. The summed E-state index contributed by atoms with van der Waals surface area (Å²) in [5.41, 5.74) is -1.13. The first-order valence-electron chi connectivity index (χ1n) is 8.27. The maximum Gasteiger partial charge on any atom is 0.408 e. The van der Waals surface area contributed by atoms with Gasteiger partial charge in [-0.05, 0) is 17.9 Å². The molecule has 0 unspecified atom stereocenters. The minimum Gasteiger partial charge on any atom is -0.481 e. The van der Waals surface area contributed by atoms with Crippen molar-refractivity contribution in [3.63, 3.8) is 0 Å². The molecule has 1 atom stereocenters. The Balaban J connectivity index is 2.78. The number of carboxylic acid groups (broad SMARTS) is 2. The number of ether oxygens (including phenoxy) is 2. The monoisotopic (exact) mass is 367 g/mol. The summed E-state index contributed by atoms with van der Waals surface area (Å²) >= 11 is 0. The van der Waals surface area contributed by atoms with Gasteiger partial charge in [0.15, 0.2) is 5.54 Å². The molecule has 0 aromatic heterocycles. The number of hydrogen-bond donors (Lipinski definition) is 3. The van der Waals surface area contributed by atoms with E-state index in [0.717, 1.165) is 5.56 Å². The van der Waals surface area contributed by atoms with Gasteiger partial charge in [-0.1, -0.05) is 44.2 Å². The van der Waals surface area contributed by atoms with Crippen LogP contribution in [-0.2, 0) is 25.7 Å². The van der Waals surface area contributed by atoms with E-state index in [1.54, 1.807) is 24.3 Å². The predicted molar refractivity (Wildman–Crippen MR) is 92.7 cm³/mol. The van der Waals surface area contributed by atoms with Crippen LogP contribution in [0.25, 0.3) is 0 Å². The van der Waals surface area contributed by atoms with Gasteiger partial charge in [0.05, 0.1) is 6.61 Å². The Labute approximate surface area is 152 Å². The fourth-order valence-corrected chi connectivity index (χ4v) is 2.14. The Morgan fingerprint density at radius 2 is 1.81 bits per heavy atom. The van der Waals surface area contributed by atoms with Gasteiger partial charge in [-0.3, -0.25) is 4.79 Å². The van der Waals surface area contributed by atoms with Crippen LogP contribution in [0.4, 0.5) is 4.79 Å². The molecule has 8 nitrogen and oxygen atoms in total. The highest BCUT2D eigenvalue weighted by Gasteiger charge is 2.41. The van der Waals surface area contributed by atoms with E-state index in [-0.39, 0.29) is 32.2 Å². The summed E-state index contributed by atoms with van der Waals surface area (Å²) in [5, 5.41) is 20.8. The van der Waals surface area contributed by atoms with Gasteiger partial charge in [-0.2, -0.15) is 0 Å². The van der Waals surface area contributed by atoms with Crippen molar-refractivity contribution < 1.29 is 34.1 Å². The van der Waals surface area contributed by atoms with Gasteiger partial charge in [0, 0.05) is 13.0 Å². The normalized spacial score (nSPS) is 13.0. The molecule has 0 bridgehead atoms. The van der Waals surface area contributed by atoms with Crippen molar-refractivity contribution in [2.24, 2.45) is 5.92 Å². The molecule has 0 spiro atoms. The summed E-state index contributed by atoms with van der Waals surface area (Å²) in [6.45, 7) is 3.67. The zero-order chi connectivity index (χ0) is 19.6. The smallest absolute Gasteiger partial charge is 0.408 e. The first-order valence-corrected chi connectivity index (χ1v) is 8.27. The van der Waals surface area contributed by atoms with Gasteiger partial charge < -0.3 is 25.0 Å². The molecular formula is C18H25NO7. The Morgan fingerprint density at radius 3 is 2.35 bits per heavy atom. The number of carbonyl (C=O) groups excluding carboxylic acids is 1. The second kappa shape index (κ2) is 10.4. The van der Waals surface area contributed by atoms with Gasteiger partial charge in [0.1, 0.15) is 6.61 Å². The van der Waals surface area contributed by atoms with Crippen molar-refractivity contribution in [1.29, 1.82) is 0 Å². The van der Waals surface area contributed by atoms with Crippen LogP contribution in [0.2, 0.25) is 0 Å². The minimum absolute atomic E-state index is 0.0336. The second-order valence-corrected chi connectivity index (χ2v) is 6.38. The van der Waals surface area contributed by atoms with Crippen LogP contribution in [0.15, 0.2) is 30.3 Å². The first-order chi connectivity index (χ1) is 12.2. The highest BCUT2D eigenvalue weighted by molar-refractivity contribution is 5.85. The third kappa shape index (κ3) is 7.52. The van der Waals surface area contributed by atoms with E-state index in [1.807, 2.05) is 19.9 Å². The molecule has 1 amide bonds. The third-order valence-corrected chi connectivity index (χ3v) is 3.53. The van der Waals surface area contributed by atoms with Gasteiger partial charge >= 0.3 is 18.0 Å². The Hall–Kier alpha value is -2.61. The van der Waals surface area contributed by atoms with Crippen LogP contribution in [0.5, 0.6) is 0 Å². The third-order valence-electron chi connectivity index (χ3n) is 3.53. The van der Waals surface area contributed by atoms with Gasteiger partial charge in [0.2, 0.25) is 0 Å². The van der Waals surface area contributed by atoms with Crippen molar-refractivity contribution >= 4 is 18.0 Å². The summed E-state index contributed by atoms with van der Waals surface area (Å²) in [6.07, 6.45) is -1.71. The van der Waals surface area contributed by atoms with Crippen LogP contribution in [0.1, 0.15) is 32.3 Å². The molecule has 1 rings (SSSR count). The van der Waals surface area contributed by atoms with Gasteiger partial charge in [-0.15, -0.1) is 0 Å². The quantitative estimate of drug-likeness (QED) is 0.548. The number of amides is 1. The fourth-order valence-electron chi connectivity index (χ4n) is 2.14. The zero-order valence-corrected chi connectivity index (χ0v) is 14.9. The van der Waals surface area contributed by atoms with E-state index in [4.69, 9.17) is 14.6 Å². The van der Waals surface area contributed by atoms with Crippen molar-refractivity contribution in [1.82, 2.24) is 5.32 Å².